The van der Waals surface area contributed by atoms with Crippen LogP contribution < -0.4 is 5.32 Å². The number of nitrogens with zero attached hydrogens (tertiary/aromatic N) is 1. The number of fused-ring (bicyclic) bond motifs is 4. The second kappa shape index (κ2) is 8.11. The highest BCUT2D eigenvalue weighted by Crippen LogP contribution is 2.52. The van der Waals surface area contributed by atoms with Crippen LogP contribution in [0.5, 0.6) is 0 Å². The molecule has 0 atom stereocenters. The molecule has 0 aromatic heterocycles. The number of hydrogen-bond acceptors (Lipinski definition) is 4. The molecular weight excluding hydrogens is 444 g/mol. The Morgan fingerprint density at radius 3 is 2.20 bits per heavy atom. The fraction of sp³-hybridized carbons (Fsp3) is 0.464. The molecule has 0 unspecified atom stereocenters. The maximum absolute atomic E-state index is 13.1. The number of carbonyl (C=O) groups is 3. The Balaban J connectivity index is 1.06. The van der Waals surface area contributed by atoms with Crippen molar-refractivity contribution in [1.29, 1.82) is 0 Å². The van der Waals surface area contributed by atoms with Crippen LogP contribution in [0.25, 0.3) is 11.1 Å². The van der Waals surface area contributed by atoms with Gasteiger partial charge in [0.25, 0.3) is 0 Å². The van der Waals surface area contributed by atoms with Gasteiger partial charge in [-0.25, -0.2) is 9.59 Å². The van der Waals surface area contributed by atoms with E-state index in [2.05, 4.69) is 29.6 Å². The second-order valence-electron chi connectivity index (χ2n) is 10.8. The SMILES string of the molecule is O=C(NCC1(CC(=O)N2CC3CC2(C(=O)O)C3)CCC1)OCC1c2ccccc2-c2ccccc21. The van der Waals surface area contributed by atoms with Gasteiger partial charge in [0, 0.05) is 25.4 Å². The van der Waals surface area contributed by atoms with Gasteiger partial charge in [-0.2, -0.15) is 0 Å². The monoisotopic (exact) mass is 474 g/mol. The average Bonchev–Trinajstić information content (AvgIpc) is 3.48. The van der Waals surface area contributed by atoms with E-state index in [0.29, 0.717) is 31.8 Å². The summed E-state index contributed by atoms with van der Waals surface area (Å²) in [5, 5.41) is 12.6. The van der Waals surface area contributed by atoms with Crippen LogP contribution in [0, 0.1) is 11.3 Å². The highest BCUT2D eigenvalue weighted by atomic mass is 16.5. The molecule has 5 aliphatic rings. The molecule has 0 spiro atoms. The first-order valence-corrected chi connectivity index (χ1v) is 12.5. The number of hydrogen-bond donors (Lipinski definition) is 2. The smallest absolute Gasteiger partial charge is 0.407 e. The first kappa shape index (κ1) is 22.1. The fourth-order valence-corrected chi connectivity index (χ4v) is 6.73. The van der Waals surface area contributed by atoms with Gasteiger partial charge in [-0.15, -0.1) is 0 Å². The normalized spacial score (nSPS) is 25.1. The number of rotatable bonds is 7. The van der Waals surface area contributed by atoms with Gasteiger partial charge >= 0.3 is 12.1 Å². The van der Waals surface area contributed by atoms with Gasteiger partial charge in [0.1, 0.15) is 12.1 Å². The molecule has 3 aliphatic carbocycles. The van der Waals surface area contributed by atoms with Crippen LogP contribution in [-0.4, -0.2) is 53.2 Å². The van der Waals surface area contributed by atoms with Crippen LogP contribution in [0.1, 0.15) is 55.6 Å². The quantitative estimate of drug-likeness (QED) is 0.628. The Hall–Kier alpha value is -3.35. The molecule has 2 aromatic carbocycles. The van der Waals surface area contributed by atoms with E-state index < -0.39 is 17.6 Å². The maximum atomic E-state index is 13.1. The van der Waals surface area contributed by atoms with Gasteiger partial charge < -0.3 is 20.1 Å². The fourth-order valence-electron chi connectivity index (χ4n) is 6.73. The summed E-state index contributed by atoms with van der Waals surface area (Å²) >= 11 is 0. The number of carboxylic acids is 1. The topological polar surface area (TPSA) is 95.9 Å². The number of ether oxygens (including phenoxy) is 1. The summed E-state index contributed by atoms with van der Waals surface area (Å²) in [5.41, 5.74) is 3.39. The van der Waals surface area contributed by atoms with Crippen molar-refractivity contribution in [1.82, 2.24) is 10.2 Å². The van der Waals surface area contributed by atoms with Gasteiger partial charge in [-0.1, -0.05) is 55.0 Å². The predicted molar refractivity (Wildman–Crippen MR) is 129 cm³/mol. The van der Waals surface area contributed by atoms with E-state index in [9.17, 15) is 19.5 Å². The number of amides is 2. The van der Waals surface area contributed by atoms with Crippen LogP contribution in [-0.2, 0) is 14.3 Å². The summed E-state index contributed by atoms with van der Waals surface area (Å²) < 4.78 is 5.66. The van der Waals surface area contributed by atoms with E-state index >= 15 is 0 Å². The molecule has 35 heavy (non-hydrogen) atoms. The second-order valence-corrected chi connectivity index (χ2v) is 10.8. The van der Waals surface area contributed by atoms with Gasteiger partial charge in [0.2, 0.25) is 5.91 Å². The van der Waals surface area contributed by atoms with Crippen LogP contribution in [0.3, 0.4) is 0 Å². The van der Waals surface area contributed by atoms with Crippen LogP contribution in [0.2, 0.25) is 0 Å². The van der Waals surface area contributed by atoms with Crippen molar-refractivity contribution in [3.05, 3.63) is 59.7 Å². The van der Waals surface area contributed by atoms with E-state index in [1.54, 1.807) is 4.90 Å². The summed E-state index contributed by atoms with van der Waals surface area (Å²) in [4.78, 5) is 39.1. The van der Waals surface area contributed by atoms with Gasteiger partial charge in [0.15, 0.2) is 0 Å². The summed E-state index contributed by atoms with van der Waals surface area (Å²) in [6.45, 7) is 1.16. The molecule has 7 nitrogen and oxygen atoms in total. The van der Waals surface area contributed by atoms with Gasteiger partial charge in [-0.3, -0.25) is 4.79 Å². The third-order valence-electron chi connectivity index (χ3n) is 8.80. The number of alkyl carbamates (subject to hydrolysis) is 1. The van der Waals surface area contributed by atoms with E-state index in [1.165, 1.54) is 22.3 Å². The Kier molecular flexibility index (Phi) is 5.13. The Bertz CT molecular complexity index is 1150. The number of benzene rings is 2. The molecule has 0 radical (unpaired) electrons. The lowest BCUT2D eigenvalue weighted by Gasteiger charge is -2.44. The largest absolute Gasteiger partial charge is 0.479 e. The third-order valence-corrected chi connectivity index (χ3v) is 8.80. The number of nitrogens with one attached hydrogen (secondary N) is 1. The number of aliphatic carboxylic acids is 1. The molecule has 2 N–H and O–H groups in total. The average molecular weight is 475 g/mol. The summed E-state index contributed by atoms with van der Waals surface area (Å²) in [7, 11) is 0. The molecule has 4 fully saturated rings. The van der Waals surface area contributed by atoms with Crippen molar-refractivity contribution >= 4 is 18.0 Å². The zero-order chi connectivity index (χ0) is 24.2. The van der Waals surface area contributed by atoms with Crippen molar-refractivity contribution in [3.8, 4) is 11.1 Å². The molecule has 2 aromatic rings. The molecule has 7 heteroatoms. The van der Waals surface area contributed by atoms with Crippen molar-refractivity contribution in [3.63, 3.8) is 0 Å². The molecule has 2 aliphatic heterocycles. The minimum absolute atomic E-state index is 0.00116. The predicted octanol–water partition coefficient (Wildman–Crippen LogP) is 4.16. The van der Waals surface area contributed by atoms with Crippen molar-refractivity contribution in [2.45, 2.75) is 50.0 Å². The maximum Gasteiger partial charge on any atom is 0.407 e. The molecule has 182 valence electrons. The zero-order valence-electron chi connectivity index (χ0n) is 19.7. The number of carbonyl (C=O) groups excluding carboxylic acids is 2. The lowest BCUT2D eigenvalue weighted by atomic mass is 9.66. The van der Waals surface area contributed by atoms with Gasteiger partial charge in [-0.05, 0) is 59.3 Å². The van der Waals surface area contributed by atoms with Crippen molar-refractivity contribution in [2.75, 3.05) is 19.7 Å². The van der Waals surface area contributed by atoms with Crippen molar-refractivity contribution < 1.29 is 24.2 Å². The molecule has 2 bridgehead atoms. The molecular formula is C28H30N2O5. The Morgan fingerprint density at radius 1 is 1.00 bits per heavy atom. The van der Waals surface area contributed by atoms with E-state index in [-0.39, 0.29) is 30.3 Å². The number of carboxylic acid groups (broad SMARTS) is 1. The lowest BCUT2D eigenvalue weighted by Crippen LogP contribution is -2.56. The van der Waals surface area contributed by atoms with Crippen molar-refractivity contribution in [2.24, 2.45) is 11.3 Å². The molecule has 2 saturated carbocycles. The van der Waals surface area contributed by atoms with E-state index in [4.69, 9.17) is 4.74 Å². The Labute approximate surface area is 204 Å². The highest BCUT2D eigenvalue weighted by Gasteiger charge is 2.63. The first-order chi connectivity index (χ1) is 16.9. The zero-order valence-corrected chi connectivity index (χ0v) is 19.7. The van der Waals surface area contributed by atoms with Crippen LogP contribution in [0.15, 0.2) is 48.5 Å². The summed E-state index contributed by atoms with van der Waals surface area (Å²) in [6, 6.07) is 16.4. The summed E-state index contributed by atoms with van der Waals surface area (Å²) in [6.07, 6.45) is 3.64. The molecule has 7 rings (SSSR count). The lowest BCUT2D eigenvalue weighted by molar-refractivity contribution is -0.159. The van der Waals surface area contributed by atoms with Crippen LogP contribution in [0.4, 0.5) is 4.79 Å². The summed E-state index contributed by atoms with van der Waals surface area (Å²) in [5.74, 6) is -0.673. The first-order valence-electron chi connectivity index (χ1n) is 12.5. The third kappa shape index (κ3) is 3.51. The van der Waals surface area contributed by atoms with Crippen LogP contribution >= 0.6 is 0 Å². The van der Waals surface area contributed by atoms with Gasteiger partial charge in [0.05, 0.1) is 0 Å². The van der Waals surface area contributed by atoms with E-state index in [1.807, 2.05) is 24.3 Å². The highest BCUT2D eigenvalue weighted by molar-refractivity contribution is 5.90. The standard InChI is InChI=1S/C28H30N2O5/c31-24(30-15-18-12-28(30,13-18)25(32)33)14-27(10-5-11-27)17-29-26(34)35-16-23-21-8-3-1-6-19(21)20-7-2-4-9-22(20)23/h1-4,6-9,18,23H,5,10-17H2,(H,29,34)(H,32,33). The minimum Gasteiger partial charge on any atom is -0.479 e. The molecule has 2 amide bonds. The molecule has 2 saturated heterocycles. The minimum atomic E-state index is -0.993. The van der Waals surface area contributed by atoms with E-state index in [0.717, 1.165) is 19.3 Å². The Morgan fingerprint density at radius 2 is 1.63 bits per heavy atom. The molecule has 2 heterocycles.